The number of carbonyl (C=O) groups excluding carboxylic acids is 1. The molecule has 0 bridgehead atoms. The fourth-order valence-corrected chi connectivity index (χ4v) is 2.51. The maximum Gasteiger partial charge on any atom is 0.224 e. The summed E-state index contributed by atoms with van der Waals surface area (Å²) in [6.07, 6.45) is 1.51. The summed E-state index contributed by atoms with van der Waals surface area (Å²) in [7, 11) is 0. The van der Waals surface area contributed by atoms with E-state index in [0.717, 1.165) is 51.3 Å². The average Bonchev–Trinajstić information content (AvgIpc) is 2.47. The van der Waals surface area contributed by atoms with Crippen molar-refractivity contribution in [2.24, 2.45) is 0 Å². The van der Waals surface area contributed by atoms with Gasteiger partial charge in [-0.05, 0) is 31.0 Å². The molecule has 0 atom stereocenters. The molecule has 1 heterocycles. The molecule has 2 rings (SSSR count). The first kappa shape index (κ1) is 15.0. The van der Waals surface area contributed by atoms with E-state index in [4.69, 9.17) is 0 Å². The fourth-order valence-electron chi connectivity index (χ4n) is 2.51. The van der Waals surface area contributed by atoms with Gasteiger partial charge in [0.25, 0.3) is 0 Å². The van der Waals surface area contributed by atoms with Crippen LogP contribution in [-0.2, 0) is 11.2 Å². The van der Waals surface area contributed by atoms with E-state index in [-0.39, 0.29) is 5.91 Å². The molecule has 1 aromatic carbocycles. The topological polar surface area (TPSA) is 44.4 Å². The lowest BCUT2D eigenvalue weighted by atomic mass is 10.1. The molecular weight excluding hydrogens is 250 g/mol. The molecule has 0 unspecified atom stereocenters. The normalized spacial score (nSPS) is 16.1. The molecule has 0 saturated carbocycles. The molecule has 0 aromatic heterocycles. The number of carbonyl (C=O) groups is 1. The van der Waals surface area contributed by atoms with Gasteiger partial charge < -0.3 is 15.5 Å². The second kappa shape index (κ2) is 8.02. The minimum Gasteiger partial charge on any atom is -0.356 e. The smallest absolute Gasteiger partial charge is 0.224 e. The lowest BCUT2D eigenvalue weighted by Crippen LogP contribution is -2.44. The van der Waals surface area contributed by atoms with Crippen LogP contribution in [0.25, 0.3) is 0 Å². The van der Waals surface area contributed by atoms with Crippen LogP contribution in [0, 0.1) is 6.92 Å². The van der Waals surface area contributed by atoms with Crippen molar-refractivity contribution in [2.45, 2.75) is 19.8 Å². The number of nitrogens with one attached hydrogen (secondary N) is 2. The lowest BCUT2D eigenvalue weighted by Gasteiger charge is -2.27. The second-order valence-corrected chi connectivity index (χ2v) is 5.40. The van der Waals surface area contributed by atoms with Crippen molar-refractivity contribution in [2.75, 3.05) is 39.3 Å². The predicted molar refractivity (Wildman–Crippen MR) is 81.8 cm³/mol. The summed E-state index contributed by atoms with van der Waals surface area (Å²) in [5.74, 6) is 0.125. The Morgan fingerprint density at radius 3 is 2.80 bits per heavy atom. The van der Waals surface area contributed by atoms with Gasteiger partial charge in [-0.1, -0.05) is 24.3 Å². The van der Waals surface area contributed by atoms with Crippen LogP contribution in [0.5, 0.6) is 0 Å². The third-order valence-corrected chi connectivity index (χ3v) is 3.80. The Morgan fingerprint density at radius 1 is 1.30 bits per heavy atom. The number of piperazine rings is 1. The second-order valence-electron chi connectivity index (χ2n) is 5.40. The van der Waals surface area contributed by atoms with Crippen molar-refractivity contribution in [1.82, 2.24) is 15.5 Å². The fraction of sp³-hybridized carbons (Fsp3) is 0.562. The number of amides is 1. The Kier molecular flexibility index (Phi) is 6.02. The summed E-state index contributed by atoms with van der Waals surface area (Å²) in [5, 5.41) is 6.36. The Balaban J connectivity index is 1.61. The summed E-state index contributed by atoms with van der Waals surface area (Å²) in [6.45, 7) is 8.31. The molecule has 0 aliphatic carbocycles. The SMILES string of the molecule is Cc1ccccc1CC(=O)NCCCN1CCNCC1. The van der Waals surface area contributed by atoms with E-state index in [2.05, 4.69) is 15.5 Å². The van der Waals surface area contributed by atoms with Crippen molar-refractivity contribution >= 4 is 5.91 Å². The Labute approximate surface area is 121 Å². The van der Waals surface area contributed by atoms with Gasteiger partial charge in [0.1, 0.15) is 0 Å². The van der Waals surface area contributed by atoms with Crippen LogP contribution in [0.3, 0.4) is 0 Å². The van der Waals surface area contributed by atoms with Gasteiger partial charge in [-0.25, -0.2) is 0 Å². The number of aryl methyl sites for hydroxylation is 1. The number of nitrogens with zero attached hydrogens (tertiary/aromatic N) is 1. The Morgan fingerprint density at radius 2 is 2.05 bits per heavy atom. The van der Waals surface area contributed by atoms with Crippen LogP contribution < -0.4 is 10.6 Å². The zero-order chi connectivity index (χ0) is 14.2. The number of hydrogen-bond donors (Lipinski definition) is 2. The molecule has 1 aliphatic rings. The van der Waals surface area contributed by atoms with Gasteiger partial charge in [-0.3, -0.25) is 4.79 Å². The first-order chi connectivity index (χ1) is 9.75. The average molecular weight is 275 g/mol. The van der Waals surface area contributed by atoms with E-state index >= 15 is 0 Å². The van der Waals surface area contributed by atoms with E-state index in [1.54, 1.807) is 0 Å². The van der Waals surface area contributed by atoms with E-state index in [9.17, 15) is 4.79 Å². The Hall–Kier alpha value is -1.39. The first-order valence-corrected chi connectivity index (χ1v) is 7.50. The van der Waals surface area contributed by atoms with Crippen molar-refractivity contribution in [3.05, 3.63) is 35.4 Å². The van der Waals surface area contributed by atoms with Crippen LogP contribution >= 0.6 is 0 Å². The minimum absolute atomic E-state index is 0.125. The molecule has 0 spiro atoms. The standard InChI is InChI=1S/C16H25N3O/c1-14-5-2-3-6-15(14)13-16(20)18-7-4-10-19-11-8-17-9-12-19/h2-3,5-6,17H,4,7-13H2,1H3,(H,18,20). The van der Waals surface area contributed by atoms with Crippen LogP contribution in [-0.4, -0.2) is 50.1 Å². The van der Waals surface area contributed by atoms with Crippen molar-refractivity contribution in [1.29, 1.82) is 0 Å². The zero-order valence-corrected chi connectivity index (χ0v) is 12.3. The van der Waals surface area contributed by atoms with E-state index in [1.807, 2.05) is 31.2 Å². The van der Waals surface area contributed by atoms with E-state index < -0.39 is 0 Å². The van der Waals surface area contributed by atoms with Gasteiger partial charge in [-0.2, -0.15) is 0 Å². The highest BCUT2D eigenvalue weighted by atomic mass is 16.1. The molecule has 1 aliphatic heterocycles. The lowest BCUT2D eigenvalue weighted by molar-refractivity contribution is -0.120. The molecule has 1 aromatic rings. The molecule has 1 saturated heterocycles. The van der Waals surface area contributed by atoms with Gasteiger partial charge >= 0.3 is 0 Å². The van der Waals surface area contributed by atoms with Gasteiger partial charge in [0.15, 0.2) is 0 Å². The van der Waals surface area contributed by atoms with Crippen molar-refractivity contribution in [3.8, 4) is 0 Å². The summed E-state index contributed by atoms with van der Waals surface area (Å²) < 4.78 is 0. The molecule has 1 amide bonds. The molecule has 110 valence electrons. The molecular formula is C16H25N3O. The van der Waals surface area contributed by atoms with Gasteiger partial charge in [0.05, 0.1) is 6.42 Å². The first-order valence-electron chi connectivity index (χ1n) is 7.50. The zero-order valence-electron chi connectivity index (χ0n) is 12.3. The summed E-state index contributed by atoms with van der Waals surface area (Å²) in [4.78, 5) is 14.3. The highest BCUT2D eigenvalue weighted by Gasteiger charge is 2.09. The van der Waals surface area contributed by atoms with Gasteiger partial charge in [-0.15, -0.1) is 0 Å². The monoisotopic (exact) mass is 275 g/mol. The molecule has 2 N–H and O–H groups in total. The van der Waals surface area contributed by atoms with Crippen molar-refractivity contribution < 1.29 is 4.79 Å². The van der Waals surface area contributed by atoms with Crippen LogP contribution in [0.1, 0.15) is 17.5 Å². The van der Waals surface area contributed by atoms with Crippen LogP contribution in [0.2, 0.25) is 0 Å². The van der Waals surface area contributed by atoms with E-state index in [1.165, 1.54) is 5.56 Å². The maximum absolute atomic E-state index is 11.9. The van der Waals surface area contributed by atoms with Crippen LogP contribution in [0.15, 0.2) is 24.3 Å². The Bertz CT molecular complexity index is 427. The third kappa shape index (κ3) is 4.94. The quantitative estimate of drug-likeness (QED) is 0.760. The third-order valence-electron chi connectivity index (χ3n) is 3.80. The van der Waals surface area contributed by atoms with Gasteiger partial charge in [0, 0.05) is 32.7 Å². The number of rotatable bonds is 6. The highest BCUT2D eigenvalue weighted by Crippen LogP contribution is 2.07. The summed E-state index contributed by atoms with van der Waals surface area (Å²) in [5.41, 5.74) is 2.30. The number of hydrogen-bond acceptors (Lipinski definition) is 3. The number of benzene rings is 1. The summed E-state index contributed by atoms with van der Waals surface area (Å²) in [6, 6.07) is 8.06. The molecule has 1 fully saturated rings. The summed E-state index contributed by atoms with van der Waals surface area (Å²) >= 11 is 0. The maximum atomic E-state index is 11.9. The predicted octanol–water partition coefficient (Wildman–Crippen LogP) is 0.949. The minimum atomic E-state index is 0.125. The highest BCUT2D eigenvalue weighted by molar-refractivity contribution is 5.78. The largest absolute Gasteiger partial charge is 0.356 e. The van der Waals surface area contributed by atoms with Gasteiger partial charge in [0.2, 0.25) is 5.91 Å². The van der Waals surface area contributed by atoms with Crippen LogP contribution in [0.4, 0.5) is 0 Å². The molecule has 4 nitrogen and oxygen atoms in total. The van der Waals surface area contributed by atoms with Crippen molar-refractivity contribution in [3.63, 3.8) is 0 Å². The molecule has 0 radical (unpaired) electrons. The molecule has 20 heavy (non-hydrogen) atoms. The molecule has 4 heteroatoms. The van der Waals surface area contributed by atoms with E-state index in [0.29, 0.717) is 6.42 Å².